The van der Waals surface area contributed by atoms with E-state index in [1.807, 2.05) is 12.1 Å². The average Bonchev–Trinajstić information content (AvgIpc) is 3.13. The van der Waals surface area contributed by atoms with Crippen LogP contribution in [0.4, 0.5) is 0 Å². The first-order valence-electron chi connectivity index (χ1n) is 9.04. The number of benzene rings is 4. The molecule has 0 saturated carbocycles. The Bertz CT molecular complexity index is 1230. The summed E-state index contributed by atoms with van der Waals surface area (Å²) in [6.07, 6.45) is 0. The molecule has 0 radical (unpaired) electrons. The van der Waals surface area contributed by atoms with E-state index in [1.54, 1.807) is 0 Å². The molecule has 2 heteroatoms. The summed E-state index contributed by atoms with van der Waals surface area (Å²) in [6, 6.07) is 31.8. The van der Waals surface area contributed by atoms with Crippen LogP contribution in [0.2, 0.25) is 0 Å². The fraction of sp³-hybridized carbons (Fsp3) is 0.0400. The van der Waals surface area contributed by atoms with Crippen LogP contribution < -0.4 is 0 Å². The van der Waals surface area contributed by atoms with Gasteiger partial charge >= 0.3 is 0 Å². The Morgan fingerprint density at radius 1 is 0.593 bits per heavy atom. The van der Waals surface area contributed by atoms with Crippen LogP contribution in [0.1, 0.15) is 5.56 Å². The highest BCUT2D eigenvalue weighted by Crippen LogP contribution is 2.36. The van der Waals surface area contributed by atoms with Gasteiger partial charge in [0.1, 0.15) is 11.2 Å². The normalized spacial score (nSPS) is 11.3. The summed E-state index contributed by atoms with van der Waals surface area (Å²) in [7, 11) is 0. The molecule has 4 aromatic carbocycles. The van der Waals surface area contributed by atoms with Crippen LogP contribution in [-0.2, 0) is 5.75 Å². The van der Waals surface area contributed by atoms with Gasteiger partial charge in [-0.3, -0.25) is 0 Å². The summed E-state index contributed by atoms with van der Waals surface area (Å²) in [6.45, 7) is 0. The zero-order valence-corrected chi connectivity index (χ0v) is 15.6. The molecule has 0 aliphatic rings. The first-order valence-corrected chi connectivity index (χ1v) is 9.67. The Morgan fingerprint density at radius 2 is 1.22 bits per heavy atom. The lowest BCUT2D eigenvalue weighted by molar-refractivity contribution is 0.670. The van der Waals surface area contributed by atoms with Gasteiger partial charge in [-0.2, -0.15) is 12.6 Å². The zero-order chi connectivity index (χ0) is 18.2. The van der Waals surface area contributed by atoms with Gasteiger partial charge in [0, 0.05) is 22.1 Å². The maximum absolute atomic E-state index is 6.17. The van der Waals surface area contributed by atoms with Crippen LogP contribution >= 0.6 is 12.6 Å². The Hall–Kier alpha value is -2.97. The topological polar surface area (TPSA) is 13.1 Å². The van der Waals surface area contributed by atoms with E-state index in [0.717, 1.165) is 38.8 Å². The predicted octanol–water partition coefficient (Wildman–Crippen LogP) is 7.35. The lowest BCUT2D eigenvalue weighted by Gasteiger charge is -2.06. The van der Waals surface area contributed by atoms with E-state index >= 15 is 0 Å². The number of fused-ring (bicyclic) bond motifs is 3. The van der Waals surface area contributed by atoms with Gasteiger partial charge in [-0.25, -0.2) is 0 Å². The van der Waals surface area contributed by atoms with E-state index in [-0.39, 0.29) is 0 Å². The van der Waals surface area contributed by atoms with Crippen molar-refractivity contribution in [1.82, 2.24) is 0 Å². The van der Waals surface area contributed by atoms with E-state index in [1.165, 1.54) is 16.7 Å². The van der Waals surface area contributed by atoms with Gasteiger partial charge in [0.05, 0.1) is 0 Å². The summed E-state index contributed by atoms with van der Waals surface area (Å²) in [5.74, 6) is 0.765. The summed E-state index contributed by atoms with van der Waals surface area (Å²) in [5.41, 5.74) is 7.83. The molecule has 0 unspecified atom stereocenters. The third-order valence-corrected chi connectivity index (χ3v) is 5.44. The second kappa shape index (κ2) is 6.64. The smallest absolute Gasteiger partial charge is 0.143 e. The Labute approximate surface area is 163 Å². The highest BCUT2D eigenvalue weighted by molar-refractivity contribution is 7.79. The van der Waals surface area contributed by atoms with Crippen LogP contribution in [0, 0.1) is 0 Å². The van der Waals surface area contributed by atoms with Gasteiger partial charge in [-0.1, -0.05) is 84.9 Å². The number of hydrogen-bond donors (Lipinski definition) is 1. The van der Waals surface area contributed by atoms with E-state index in [0.29, 0.717) is 0 Å². The third-order valence-electron chi connectivity index (χ3n) is 5.07. The van der Waals surface area contributed by atoms with Crippen LogP contribution in [0.25, 0.3) is 44.2 Å². The van der Waals surface area contributed by atoms with E-state index < -0.39 is 0 Å². The fourth-order valence-electron chi connectivity index (χ4n) is 3.62. The minimum atomic E-state index is 0.765. The van der Waals surface area contributed by atoms with Gasteiger partial charge in [0.2, 0.25) is 0 Å². The molecule has 0 saturated heterocycles. The SMILES string of the molecule is SCc1ccc(-c2ccc(-c3cccc4c3oc3ccccc34)cc2)cc1. The molecule has 1 nitrogen and oxygen atoms in total. The van der Waals surface area contributed by atoms with Crippen molar-refractivity contribution < 1.29 is 4.42 Å². The molecule has 27 heavy (non-hydrogen) atoms. The standard InChI is InChI=1S/C25H18OS/c27-16-17-8-10-18(11-9-17)19-12-14-20(15-13-19)21-5-3-6-23-22-4-1-2-7-24(22)26-25(21)23/h1-15,27H,16H2. The molecule has 0 aliphatic carbocycles. The Kier molecular flexibility index (Phi) is 3.99. The quantitative estimate of drug-likeness (QED) is 0.329. The number of furan rings is 1. The summed E-state index contributed by atoms with van der Waals surface area (Å²) in [5, 5.41) is 2.32. The van der Waals surface area contributed by atoms with E-state index in [9.17, 15) is 0 Å². The molecule has 5 rings (SSSR count). The van der Waals surface area contributed by atoms with E-state index in [2.05, 4.69) is 91.5 Å². The molecule has 0 spiro atoms. The van der Waals surface area contributed by atoms with Gasteiger partial charge in [-0.05, 0) is 28.3 Å². The largest absolute Gasteiger partial charge is 0.455 e. The highest BCUT2D eigenvalue weighted by atomic mass is 32.1. The molecule has 5 aromatic rings. The lowest BCUT2D eigenvalue weighted by atomic mass is 9.98. The summed E-state index contributed by atoms with van der Waals surface area (Å²) < 4.78 is 6.17. The van der Waals surface area contributed by atoms with Crippen molar-refractivity contribution in [3.63, 3.8) is 0 Å². The molecule has 0 N–H and O–H groups in total. The molecular weight excluding hydrogens is 348 g/mol. The number of hydrogen-bond acceptors (Lipinski definition) is 2. The second-order valence-electron chi connectivity index (χ2n) is 6.71. The minimum Gasteiger partial charge on any atom is -0.455 e. The molecule has 0 aliphatic heterocycles. The predicted molar refractivity (Wildman–Crippen MR) is 117 cm³/mol. The molecule has 1 heterocycles. The van der Waals surface area contributed by atoms with Crippen LogP contribution in [0.3, 0.4) is 0 Å². The fourth-order valence-corrected chi connectivity index (χ4v) is 3.83. The zero-order valence-electron chi connectivity index (χ0n) is 14.7. The highest BCUT2D eigenvalue weighted by Gasteiger charge is 2.11. The molecule has 0 atom stereocenters. The molecule has 130 valence electrons. The van der Waals surface area contributed by atoms with Gasteiger partial charge < -0.3 is 4.42 Å². The molecule has 0 bridgehead atoms. The van der Waals surface area contributed by atoms with Crippen molar-refractivity contribution in [3.8, 4) is 22.3 Å². The van der Waals surface area contributed by atoms with Gasteiger partial charge in [-0.15, -0.1) is 0 Å². The first-order chi connectivity index (χ1) is 13.3. The van der Waals surface area contributed by atoms with E-state index in [4.69, 9.17) is 4.42 Å². The Morgan fingerprint density at radius 3 is 1.96 bits per heavy atom. The average molecular weight is 366 g/mol. The van der Waals surface area contributed by atoms with Crippen molar-refractivity contribution in [2.24, 2.45) is 0 Å². The van der Waals surface area contributed by atoms with Crippen molar-refractivity contribution >= 4 is 34.6 Å². The maximum Gasteiger partial charge on any atom is 0.143 e. The third kappa shape index (κ3) is 2.83. The molecule has 0 amide bonds. The van der Waals surface area contributed by atoms with Crippen molar-refractivity contribution in [1.29, 1.82) is 0 Å². The van der Waals surface area contributed by atoms with Crippen LogP contribution in [0.15, 0.2) is 95.4 Å². The molecule has 0 fully saturated rings. The Balaban J connectivity index is 1.58. The number of para-hydroxylation sites is 2. The van der Waals surface area contributed by atoms with Crippen LogP contribution in [0.5, 0.6) is 0 Å². The number of thiol groups is 1. The van der Waals surface area contributed by atoms with Crippen molar-refractivity contribution in [2.75, 3.05) is 0 Å². The van der Waals surface area contributed by atoms with Gasteiger partial charge in [0.25, 0.3) is 0 Å². The summed E-state index contributed by atoms with van der Waals surface area (Å²) in [4.78, 5) is 0. The van der Waals surface area contributed by atoms with Crippen molar-refractivity contribution in [2.45, 2.75) is 5.75 Å². The monoisotopic (exact) mass is 366 g/mol. The first kappa shape index (κ1) is 16.2. The maximum atomic E-state index is 6.17. The van der Waals surface area contributed by atoms with Gasteiger partial charge in [0.15, 0.2) is 0 Å². The summed E-state index contributed by atoms with van der Waals surface area (Å²) >= 11 is 4.32. The minimum absolute atomic E-state index is 0.765. The second-order valence-corrected chi connectivity index (χ2v) is 7.03. The molecular formula is C25H18OS. The molecule has 1 aromatic heterocycles. The lowest BCUT2D eigenvalue weighted by Crippen LogP contribution is -1.82. The van der Waals surface area contributed by atoms with Crippen LogP contribution in [-0.4, -0.2) is 0 Å². The van der Waals surface area contributed by atoms with Crippen molar-refractivity contribution in [3.05, 3.63) is 96.6 Å². The number of rotatable bonds is 3.